The summed E-state index contributed by atoms with van der Waals surface area (Å²) in [5.41, 5.74) is 0.778. The van der Waals surface area contributed by atoms with Crippen molar-refractivity contribution >= 4 is 18.9 Å². The van der Waals surface area contributed by atoms with Crippen molar-refractivity contribution < 1.29 is 4.79 Å². The van der Waals surface area contributed by atoms with Crippen molar-refractivity contribution in [2.75, 3.05) is 12.3 Å². The van der Waals surface area contributed by atoms with Crippen LogP contribution in [-0.4, -0.2) is 18.6 Å². The van der Waals surface area contributed by atoms with Gasteiger partial charge in [-0.3, -0.25) is 0 Å². The van der Waals surface area contributed by atoms with E-state index in [2.05, 4.69) is 24.5 Å². The van der Waals surface area contributed by atoms with Crippen LogP contribution >= 0.6 is 12.6 Å². The molecule has 0 unspecified atom stereocenters. The summed E-state index contributed by atoms with van der Waals surface area (Å²) in [5, 5.41) is 2.74. The molecule has 0 rings (SSSR count). The van der Waals surface area contributed by atoms with Crippen molar-refractivity contribution in [3.63, 3.8) is 0 Å². The molecule has 0 spiro atoms. The second kappa shape index (κ2) is 4.71. The average molecular weight is 131 g/mol. The molecule has 0 amide bonds. The van der Waals surface area contributed by atoms with Gasteiger partial charge < -0.3 is 10.1 Å². The van der Waals surface area contributed by atoms with Gasteiger partial charge >= 0.3 is 0 Å². The smallest absolute Gasteiger partial charge is 0.139 e. The Bertz CT molecular complexity index is 92.4. The molecule has 0 atom stereocenters. The van der Waals surface area contributed by atoms with Gasteiger partial charge in [0.05, 0.1) is 6.54 Å². The molecule has 0 radical (unpaired) electrons. The zero-order chi connectivity index (χ0) is 6.41. The van der Waals surface area contributed by atoms with Crippen LogP contribution in [0.3, 0.4) is 0 Å². The second-order valence-electron chi connectivity index (χ2n) is 1.31. The Morgan fingerprint density at radius 1 is 1.88 bits per heavy atom. The minimum atomic E-state index is 0.333. The van der Waals surface area contributed by atoms with Crippen LogP contribution in [0.15, 0.2) is 12.3 Å². The van der Waals surface area contributed by atoms with Crippen LogP contribution in [0, 0.1) is 0 Å². The summed E-state index contributed by atoms with van der Waals surface area (Å²) in [4.78, 5) is 9.70. The molecule has 8 heavy (non-hydrogen) atoms. The van der Waals surface area contributed by atoms with Crippen LogP contribution in [0.25, 0.3) is 0 Å². The Kier molecular flexibility index (Phi) is 4.45. The molecule has 3 heteroatoms. The van der Waals surface area contributed by atoms with E-state index in [1.165, 1.54) is 0 Å². The van der Waals surface area contributed by atoms with Crippen LogP contribution in [0.2, 0.25) is 0 Å². The van der Waals surface area contributed by atoms with Crippen LogP contribution in [0.4, 0.5) is 0 Å². The highest BCUT2D eigenvalue weighted by atomic mass is 32.1. The highest BCUT2D eigenvalue weighted by Gasteiger charge is 1.83. The molecule has 0 aliphatic carbocycles. The fourth-order valence-electron chi connectivity index (χ4n) is 0.242. The molecular formula is C5H9NOS. The van der Waals surface area contributed by atoms with Gasteiger partial charge in [0.1, 0.15) is 6.29 Å². The Morgan fingerprint density at radius 2 is 2.50 bits per heavy atom. The molecule has 0 aromatic rings. The summed E-state index contributed by atoms with van der Waals surface area (Å²) >= 11 is 3.91. The van der Waals surface area contributed by atoms with Gasteiger partial charge in [0, 0.05) is 11.4 Å². The molecule has 0 saturated heterocycles. The van der Waals surface area contributed by atoms with E-state index in [1.807, 2.05) is 0 Å². The average Bonchev–Trinajstić information content (AvgIpc) is 1.83. The lowest BCUT2D eigenvalue weighted by molar-refractivity contribution is -0.107. The molecule has 0 aromatic heterocycles. The number of thiol groups is 1. The van der Waals surface area contributed by atoms with E-state index < -0.39 is 0 Å². The van der Waals surface area contributed by atoms with E-state index in [0.717, 1.165) is 12.0 Å². The normalized spacial score (nSPS) is 8.12. The number of hydrogen-bond donors (Lipinski definition) is 2. The SMILES string of the molecule is C=C(CS)NCC=O. The van der Waals surface area contributed by atoms with Gasteiger partial charge in [0.25, 0.3) is 0 Å². The van der Waals surface area contributed by atoms with E-state index in [4.69, 9.17) is 0 Å². The van der Waals surface area contributed by atoms with Gasteiger partial charge in [-0.05, 0) is 0 Å². The summed E-state index contributed by atoms with van der Waals surface area (Å²) in [5.74, 6) is 0.577. The lowest BCUT2D eigenvalue weighted by atomic mass is 10.5. The van der Waals surface area contributed by atoms with Gasteiger partial charge in [-0.25, -0.2) is 0 Å². The molecule has 0 fully saturated rings. The van der Waals surface area contributed by atoms with Gasteiger partial charge in [-0.15, -0.1) is 0 Å². The molecule has 0 bridgehead atoms. The molecule has 0 heterocycles. The maximum Gasteiger partial charge on any atom is 0.139 e. The maximum absolute atomic E-state index is 9.70. The summed E-state index contributed by atoms with van der Waals surface area (Å²) in [7, 11) is 0. The van der Waals surface area contributed by atoms with E-state index >= 15 is 0 Å². The van der Waals surface area contributed by atoms with Crippen LogP contribution in [-0.2, 0) is 4.79 Å². The molecule has 0 aliphatic heterocycles. The molecular weight excluding hydrogens is 122 g/mol. The van der Waals surface area contributed by atoms with Crippen LogP contribution in [0.1, 0.15) is 0 Å². The third-order valence-corrected chi connectivity index (χ3v) is 1.01. The standard InChI is InChI=1S/C5H9NOS/c1-5(4-8)6-2-3-7/h3,6,8H,1-2,4H2. The minimum Gasteiger partial charge on any atom is -0.381 e. The van der Waals surface area contributed by atoms with E-state index in [1.54, 1.807) is 0 Å². The minimum absolute atomic E-state index is 0.333. The third-order valence-electron chi connectivity index (χ3n) is 0.626. The first kappa shape index (κ1) is 7.56. The first-order chi connectivity index (χ1) is 3.81. The first-order valence-corrected chi connectivity index (χ1v) is 2.90. The maximum atomic E-state index is 9.70. The largest absolute Gasteiger partial charge is 0.381 e. The number of rotatable bonds is 4. The summed E-state index contributed by atoms with van der Waals surface area (Å²) in [6, 6.07) is 0. The predicted octanol–water partition coefficient (Wildman–Crippen LogP) is 0.218. The summed E-state index contributed by atoms with van der Waals surface area (Å²) in [6.07, 6.45) is 0.786. The van der Waals surface area contributed by atoms with Gasteiger partial charge in [-0.1, -0.05) is 6.58 Å². The zero-order valence-electron chi connectivity index (χ0n) is 4.55. The van der Waals surface area contributed by atoms with Crippen molar-refractivity contribution in [3.8, 4) is 0 Å². The van der Waals surface area contributed by atoms with Crippen molar-refractivity contribution in [1.29, 1.82) is 0 Å². The lowest BCUT2D eigenvalue weighted by Gasteiger charge is -1.99. The molecule has 46 valence electrons. The number of nitrogens with one attached hydrogen (secondary N) is 1. The topological polar surface area (TPSA) is 29.1 Å². The quantitative estimate of drug-likeness (QED) is 0.422. The van der Waals surface area contributed by atoms with Gasteiger partial charge in [0.2, 0.25) is 0 Å². The Balaban J connectivity index is 3.11. The lowest BCUT2D eigenvalue weighted by Crippen LogP contribution is -2.15. The highest BCUT2D eigenvalue weighted by Crippen LogP contribution is 1.83. The Hall–Kier alpha value is -0.440. The van der Waals surface area contributed by atoms with Gasteiger partial charge in [-0.2, -0.15) is 12.6 Å². The number of carbonyl (C=O) groups is 1. The summed E-state index contributed by atoms with van der Waals surface area (Å²) < 4.78 is 0. The van der Waals surface area contributed by atoms with E-state index in [0.29, 0.717) is 12.3 Å². The van der Waals surface area contributed by atoms with Gasteiger partial charge in [0.15, 0.2) is 0 Å². The van der Waals surface area contributed by atoms with Crippen LogP contribution < -0.4 is 5.32 Å². The van der Waals surface area contributed by atoms with E-state index in [-0.39, 0.29) is 0 Å². The summed E-state index contributed by atoms with van der Waals surface area (Å²) in [6.45, 7) is 3.90. The van der Waals surface area contributed by atoms with Crippen molar-refractivity contribution in [3.05, 3.63) is 12.3 Å². The molecule has 0 aliphatic rings. The predicted molar refractivity (Wildman–Crippen MR) is 37.1 cm³/mol. The number of carbonyl (C=O) groups excluding carboxylic acids is 1. The van der Waals surface area contributed by atoms with Crippen molar-refractivity contribution in [2.45, 2.75) is 0 Å². The third kappa shape index (κ3) is 3.74. The number of aldehydes is 1. The molecule has 2 nitrogen and oxygen atoms in total. The van der Waals surface area contributed by atoms with Crippen LogP contribution in [0.5, 0.6) is 0 Å². The fraction of sp³-hybridized carbons (Fsp3) is 0.400. The highest BCUT2D eigenvalue weighted by molar-refractivity contribution is 7.80. The number of hydrogen-bond acceptors (Lipinski definition) is 3. The Morgan fingerprint density at radius 3 is 2.88 bits per heavy atom. The monoisotopic (exact) mass is 131 g/mol. The Labute approximate surface area is 54.4 Å². The van der Waals surface area contributed by atoms with Crippen molar-refractivity contribution in [2.24, 2.45) is 0 Å². The zero-order valence-corrected chi connectivity index (χ0v) is 5.45. The molecule has 0 aromatic carbocycles. The van der Waals surface area contributed by atoms with E-state index in [9.17, 15) is 4.79 Å². The molecule has 1 N–H and O–H groups in total. The first-order valence-electron chi connectivity index (χ1n) is 2.27. The van der Waals surface area contributed by atoms with Crippen molar-refractivity contribution in [1.82, 2.24) is 5.32 Å². The second-order valence-corrected chi connectivity index (χ2v) is 1.63. The molecule has 0 saturated carbocycles. The fourth-order valence-corrected chi connectivity index (χ4v) is 0.354.